The van der Waals surface area contributed by atoms with Gasteiger partial charge in [-0.25, -0.2) is 9.78 Å². The van der Waals surface area contributed by atoms with Crippen molar-refractivity contribution in [2.75, 3.05) is 26.2 Å². The lowest BCUT2D eigenvalue weighted by molar-refractivity contribution is -0.133. The molecule has 9 heteroatoms. The van der Waals surface area contributed by atoms with E-state index in [1.165, 1.54) is 16.8 Å². The van der Waals surface area contributed by atoms with Gasteiger partial charge in [0, 0.05) is 62.4 Å². The Morgan fingerprint density at radius 2 is 1.83 bits per heavy atom. The molecule has 0 unspecified atom stereocenters. The third-order valence-corrected chi connectivity index (χ3v) is 6.00. The molecule has 3 aromatic rings. The molecule has 1 saturated heterocycles. The van der Waals surface area contributed by atoms with E-state index < -0.39 is 11.2 Å². The molecule has 0 spiro atoms. The van der Waals surface area contributed by atoms with Gasteiger partial charge in [0.1, 0.15) is 5.01 Å². The Bertz CT molecular complexity index is 1110. The number of thiazole rings is 1. The molecule has 30 heavy (non-hydrogen) atoms. The summed E-state index contributed by atoms with van der Waals surface area (Å²) >= 11 is 1.66. The number of hydrogen-bond acceptors (Lipinski definition) is 6. The van der Waals surface area contributed by atoms with Crippen LogP contribution >= 0.6 is 11.3 Å². The Morgan fingerprint density at radius 1 is 1.07 bits per heavy atom. The Morgan fingerprint density at radius 3 is 2.57 bits per heavy atom. The van der Waals surface area contributed by atoms with Gasteiger partial charge in [-0.05, 0) is 0 Å². The van der Waals surface area contributed by atoms with E-state index in [4.69, 9.17) is 4.98 Å². The standard InChI is InChI=1S/C21H23N5O3S/c27-18-6-8-26(21(29)23-18)9-7-20(28)25-12-10-24(11-13-25)14-19-22-17(15-30-19)16-4-2-1-3-5-16/h1-6,8,15H,7,9-14H2,(H,23,27,29). The molecule has 0 aliphatic carbocycles. The summed E-state index contributed by atoms with van der Waals surface area (Å²) in [5.41, 5.74) is 1.20. The summed E-state index contributed by atoms with van der Waals surface area (Å²) in [6, 6.07) is 11.4. The lowest BCUT2D eigenvalue weighted by Crippen LogP contribution is -2.48. The molecule has 0 radical (unpaired) electrons. The first kappa shape index (κ1) is 20.2. The Hall–Kier alpha value is -3.04. The van der Waals surface area contributed by atoms with E-state index in [-0.39, 0.29) is 18.9 Å². The predicted octanol–water partition coefficient (Wildman–Crippen LogP) is 1.39. The number of aryl methyl sites for hydroxylation is 1. The number of carbonyl (C=O) groups is 1. The van der Waals surface area contributed by atoms with E-state index in [2.05, 4.69) is 27.4 Å². The van der Waals surface area contributed by atoms with Crippen molar-refractivity contribution in [2.45, 2.75) is 19.5 Å². The van der Waals surface area contributed by atoms with Crippen LogP contribution in [-0.4, -0.2) is 56.4 Å². The fourth-order valence-electron chi connectivity index (χ4n) is 3.47. The van der Waals surface area contributed by atoms with E-state index in [1.54, 1.807) is 11.3 Å². The first-order valence-electron chi connectivity index (χ1n) is 9.88. The average molecular weight is 426 g/mol. The van der Waals surface area contributed by atoms with Crippen molar-refractivity contribution in [3.63, 3.8) is 0 Å². The second-order valence-electron chi connectivity index (χ2n) is 7.20. The van der Waals surface area contributed by atoms with Crippen LogP contribution in [0.15, 0.2) is 57.6 Å². The SMILES string of the molecule is O=C(CCn1ccc(=O)[nH]c1=O)N1CCN(Cc2nc(-c3ccccc3)cs2)CC1. The molecule has 0 atom stereocenters. The summed E-state index contributed by atoms with van der Waals surface area (Å²) in [7, 11) is 0. The largest absolute Gasteiger partial charge is 0.340 e. The highest BCUT2D eigenvalue weighted by Crippen LogP contribution is 2.22. The Kier molecular flexibility index (Phi) is 6.20. The van der Waals surface area contributed by atoms with Gasteiger partial charge in [-0.3, -0.25) is 19.5 Å². The number of piperazine rings is 1. The number of nitrogens with zero attached hydrogens (tertiary/aromatic N) is 4. The number of rotatable bonds is 6. The lowest BCUT2D eigenvalue weighted by atomic mass is 10.2. The zero-order valence-corrected chi connectivity index (χ0v) is 17.3. The van der Waals surface area contributed by atoms with Crippen LogP contribution in [0.5, 0.6) is 0 Å². The molecule has 1 fully saturated rings. The fourth-order valence-corrected chi connectivity index (χ4v) is 4.31. The van der Waals surface area contributed by atoms with Crippen LogP contribution in [0.1, 0.15) is 11.4 Å². The zero-order chi connectivity index (χ0) is 20.9. The van der Waals surface area contributed by atoms with E-state index >= 15 is 0 Å². The minimum Gasteiger partial charge on any atom is -0.340 e. The van der Waals surface area contributed by atoms with Crippen molar-refractivity contribution in [3.8, 4) is 11.3 Å². The van der Waals surface area contributed by atoms with Crippen molar-refractivity contribution in [2.24, 2.45) is 0 Å². The van der Waals surface area contributed by atoms with Crippen molar-refractivity contribution in [3.05, 3.63) is 73.8 Å². The number of aromatic amines is 1. The summed E-state index contributed by atoms with van der Waals surface area (Å²) < 4.78 is 1.35. The maximum absolute atomic E-state index is 12.5. The van der Waals surface area contributed by atoms with Crippen LogP contribution in [0.4, 0.5) is 0 Å². The van der Waals surface area contributed by atoms with Gasteiger partial charge in [-0.2, -0.15) is 0 Å². The highest BCUT2D eigenvalue weighted by Gasteiger charge is 2.21. The van der Waals surface area contributed by atoms with E-state index in [9.17, 15) is 14.4 Å². The number of aromatic nitrogens is 3. The number of carbonyl (C=O) groups excluding carboxylic acids is 1. The molecule has 0 saturated carbocycles. The highest BCUT2D eigenvalue weighted by atomic mass is 32.1. The number of nitrogens with one attached hydrogen (secondary N) is 1. The van der Waals surface area contributed by atoms with Crippen LogP contribution in [0, 0.1) is 0 Å². The van der Waals surface area contributed by atoms with Crippen LogP contribution in [-0.2, 0) is 17.9 Å². The van der Waals surface area contributed by atoms with Gasteiger partial charge in [0.2, 0.25) is 5.91 Å². The van der Waals surface area contributed by atoms with E-state index in [0.717, 1.165) is 35.9 Å². The third kappa shape index (κ3) is 4.92. The normalized spacial score (nSPS) is 14.7. The zero-order valence-electron chi connectivity index (χ0n) is 16.5. The van der Waals surface area contributed by atoms with Crippen LogP contribution in [0.2, 0.25) is 0 Å². The summed E-state index contributed by atoms with van der Waals surface area (Å²) in [5.74, 6) is 0.0216. The molecular formula is C21H23N5O3S. The molecule has 8 nitrogen and oxygen atoms in total. The molecule has 4 rings (SSSR count). The molecular weight excluding hydrogens is 402 g/mol. The van der Waals surface area contributed by atoms with E-state index in [1.807, 2.05) is 23.1 Å². The average Bonchev–Trinajstić information content (AvgIpc) is 3.22. The molecule has 1 aliphatic heterocycles. The van der Waals surface area contributed by atoms with Crippen molar-refractivity contribution in [1.29, 1.82) is 0 Å². The van der Waals surface area contributed by atoms with Gasteiger partial charge in [0.15, 0.2) is 0 Å². The summed E-state index contributed by atoms with van der Waals surface area (Å²) in [5, 5.41) is 3.16. The van der Waals surface area contributed by atoms with Gasteiger partial charge in [-0.15, -0.1) is 11.3 Å². The van der Waals surface area contributed by atoms with Crippen LogP contribution < -0.4 is 11.2 Å². The lowest BCUT2D eigenvalue weighted by Gasteiger charge is -2.34. The smallest absolute Gasteiger partial charge is 0.328 e. The Labute approximate surface area is 177 Å². The van der Waals surface area contributed by atoms with Gasteiger partial charge in [0.05, 0.1) is 12.2 Å². The minimum atomic E-state index is -0.488. The summed E-state index contributed by atoms with van der Waals surface area (Å²) in [4.78, 5) is 46.4. The van der Waals surface area contributed by atoms with Gasteiger partial charge in [0.25, 0.3) is 5.56 Å². The molecule has 1 amide bonds. The van der Waals surface area contributed by atoms with Crippen LogP contribution in [0.3, 0.4) is 0 Å². The third-order valence-electron chi connectivity index (χ3n) is 5.17. The minimum absolute atomic E-state index is 0.0216. The topological polar surface area (TPSA) is 91.3 Å². The van der Waals surface area contributed by atoms with Crippen LogP contribution in [0.25, 0.3) is 11.3 Å². The summed E-state index contributed by atoms with van der Waals surface area (Å²) in [6.45, 7) is 3.96. The second kappa shape index (κ2) is 9.19. The number of hydrogen-bond donors (Lipinski definition) is 1. The molecule has 1 aliphatic rings. The maximum atomic E-state index is 12.5. The quantitative estimate of drug-likeness (QED) is 0.645. The Balaban J connectivity index is 1.25. The van der Waals surface area contributed by atoms with Crippen molar-refractivity contribution >= 4 is 17.2 Å². The van der Waals surface area contributed by atoms with Gasteiger partial charge >= 0.3 is 5.69 Å². The fraction of sp³-hybridized carbons (Fsp3) is 0.333. The van der Waals surface area contributed by atoms with Gasteiger partial charge < -0.3 is 9.47 Å². The predicted molar refractivity (Wildman–Crippen MR) is 115 cm³/mol. The number of benzene rings is 1. The van der Waals surface area contributed by atoms with Crippen molar-refractivity contribution in [1.82, 2.24) is 24.3 Å². The monoisotopic (exact) mass is 425 g/mol. The summed E-state index contributed by atoms with van der Waals surface area (Å²) in [6.07, 6.45) is 1.66. The molecule has 156 valence electrons. The molecule has 0 bridgehead atoms. The molecule has 1 N–H and O–H groups in total. The van der Waals surface area contributed by atoms with Gasteiger partial charge in [-0.1, -0.05) is 30.3 Å². The van der Waals surface area contributed by atoms with Crippen molar-refractivity contribution < 1.29 is 4.79 Å². The second-order valence-corrected chi connectivity index (χ2v) is 8.15. The number of amides is 1. The molecule has 2 aromatic heterocycles. The molecule has 1 aromatic carbocycles. The number of H-pyrrole nitrogens is 1. The maximum Gasteiger partial charge on any atom is 0.328 e. The molecule has 3 heterocycles. The first-order chi connectivity index (χ1) is 14.6. The highest BCUT2D eigenvalue weighted by molar-refractivity contribution is 7.09. The first-order valence-corrected chi connectivity index (χ1v) is 10.8. The van der Waals surface area contributed by atoms with E-state index in [0.29, 0.717) is 13.1 Å².